The van der Waals surface area contributed by atoms with Crippen LogP contribution in [0.25, 0.3) is 11.0 Å². The number of aromatic nitrogens is 4. The van der Waals surface area contributed by atoms with Crippen LogP contribution in [-0.4, -0.2) is 43.2 Å². The Kier molecular flexibility index (Phi) is 3.48. The molecule has 7 heteroatoms. The molecule has 0 aromatic carbocycles. The molecule has 0 radical (unpaired) electrons. The Bertz CT molecular complexity index is 733. The van der Waals surface area contributed by atoms with Gasteiger partial charge >= 0.3 is 0 Å². The summed E-state index contributed by atoms with van der Waals surface area (Å²) < 4.78 is 2.92. The fourth-order valence-corrected chi connectivity index (χ4v) is 2.84. The van der Waals surface area contributed by atoms with Crippen LogP contribution in [0.5, 0.6) is 0 Å². The average molecular weight is 289 g/mol. The largest absolute Gasteiger partial charge is 0.341 e. The zero-order valence-corrected chi connectivity index (χ0v) is 12.3. The molecule has 112 valence electrons. The summed E-state index contributed by atoms with van der Waals surface area (Å²) in [5.41, 5.74) is 0.321. The van der Waals surface area contributed by atoms with Crippen LogP contribution < -0.4 is 5.56 Å². The Morgan fingerprint density at radius 2 is 2.29 bits per heavy atom. The van der Waals surface area contributed by atoms with E-state index in [0.717, 1.165) is 25.9 Å². The maximum absolute atomic E-state index is 12.3. The Morgan fingerprint density at radius 3 is 3.05 bits per heavy atom. The summed E-state index contributed by atoms with van der Waals surface area (Å²) in [6.07, 6.45) is 5.11. The molecule has 1 aliphatic heterocycles. The first-order chi connectivity index (χ1) is 10.1. The van der Waals surface area contributed by atoms with Crippen molar-refractivity contribution in [1.29, 1.82) is 0 Å². The highest BCUT2D eigenvalue weighted by Crippen LogP contribution is 2.15. The van der Waals surface area contributed by atoms with E-state index in [1.807, 2.05) is 4.90 Å². The average Bonchev–Trinajstić information content (AvgIpc) is 2.84. The van der Waals surface area contributed by atoms with E-state index in [1.165, 1.54) is 17.1 Å². The van der Waals surface area contributed by atoms with Gasteiger partial charge in [-0.1, -0.05) is 6.92 Å². The highest BCUT2D eigenvalue weighted by molar-refractivity contribution is 5.77. The lowest BCUT2D eigenvalue weighted by Gasteiger charge is -2.31. The molecule has 1 saturated heterocycles. The quantitative estimate of drug-likeness (QED) is 0.801. The number of carbonyl (C=O) groups excluding carboxylic acids is 1. The molecular formula is C14H19N5O2. The van der Waals surface area contributed by atoms with Gasteiger partial charge in [0.25, 0.3) is 5.56 Å². The summed E-state index contributed by atoms with van der Waals surface area (Å²) in [4.78, 5) is 30.7. The highest BCUT2D eigenvalue weighted by atomic mass is 16.2. The second-order valence-electron chi connectivity index (χ2n) is 5.77. The van der Waals surface area contributed by atoms with E-state index < -0.39 is 0 Å². The van der Waals surface area contributed by atoms with Crippen LogP contribution in [0.3, 0.4) is 0 Å². The van der Waals surface area contributed by atoms with Crippen molar-refractivity contribution >= 4 is 16.9 Å². The molecule has 0 unspecified atom stereocenters. The molecule has 7 nitrogen and oxygen atoms in total. The van der Waals surface area contributed by atoms with Crippen LogP contribution in [-0.2, 0) is 18.4 Å². The highest BCUT2D eigenvalue weighted by Gasteiger charge is 2.21. The van der Waals surface area contributed by atoms with Crippen LogP contribution in [0.1, 0.15) is 19.8 Å². The molecule has 0 N–H and O–H groups in total. The van der Waals surface area contributed by atoms with Crippen LogP contribution in [0.15, 0.2) is 17.3 Å². The molecule has 1 fully saturated rings. The third-order valence-electron chi connectivity index (χ3n) is 4.03. The minimum atomic E-state index is -0.216. The van der Waals surface area contributed by atoms with Gasteiger partial charge in [0, 0.05) is 20.1 Å². The van der Waals surface area contributed by atoms with Crippen molar-refractivity contribution in [3.05, 3.63) is 22.9 Å². The number of carbonyl (C=O) groups is 1. The first kappa shape index (κ1) is 13.8. The van der Waals surface area contributed by atoms with Crippen molar-refractivity contribution in [3.63, 3.8) is 0 Å². The Balaban J connectivity index is 1.83. The number of piperidine rings is 1. The molecule has 0 spiro atoms. The Morgan fingerprint density at radius 1 is 1.48 bits per heavy atom. The van der Waals surface area contributed by atoms with Crippen molar-refractivity contribution in [2.45, 2.75) is 26.3 Å². The van der Waals surface area contributed by atoms with Crippen molar-refractivity contribution in [2.24, 2.45) is 13.0 Å². The minimum absolute atomic E-state index is 0.0197. The fraction of sp³-hybridized carbons (Fsp3) is 0.571. The van der Waals surface area contributed by atoms with Gasteiger partial charge < -0.3 is 4.90 Å². The summed E-state index contributed by atoms with van der Waals surface area (Å²) in [5.74, 6) is 0.507. The van der Waals surface area contributed by atoms with Crippen molar-refractivity contribution in [1.82, 2.24) is 24.2 Å². The second kappa shape index (κ2) is 5.31. The predicted octanol–water partition coefficient (Wildman–Crippen LogP) is 0.389. The van der Waals surface area contributed by atoms with E-state index in [1.54, 1.807) is 11.7 Å². The minimum Gasteiger partial charge on any atom is -0.341 e. The predicted molar refractivity (Wildman–Crippen MR) is 77.7 cm³/mol. The van der Waals surface area contributed by atoms with Crippen molar-refractivity contribution in [2.75, 3.05) is 13.1 Å². The summed E-state index contributed by atoms with van der Waals surface area (Å²) in [6, 6.07) is 0. The van der Waals surface area contributed by atoms with Crippen LogP contribution >= 0.6 is 0 Å². The molecule has 3 heterocycles. The van der Waals surface area contributed by atoms with Gasteiger partial charge in [0.1, 0.15) is 18.3 Å². The molecule has 1 amide bonds. The van der Waals surface area contributed by atoms with E-state index in [2.05, 4.69) is 17.0 Å². The number of nitrogens with zero attached hydrogens (tertiary/aromatic N) is 5. The molecule has 0 bridgehead atoms. The van der Waals surface area contributed by atoms with E-state index >= 15 is 0 Å². The molecule has 0 aliphatic carbocycles. The number of fused-ring (bicyclic) bond motifs is 1. The molecular weight excluding hydrogens is 270 g/mol. The standard InChI is InChI=1S/C14H19N5O2/c1-10-4-3-5-18(7-10)12(20)8-19-9-15-13-11(14(19)21)6-16-17(13)2/h6,9-10H,3-5,7-8H2,1-2H3/t10-/m1/s1. The molecule has 21 heavy (non-hydrogen) atoms. The third-order valence-corrected chi connectivity index (χ3v) is 4.03. The lowest BCUT2D eigenvalue weighted by atomic mass is 10.0. The van der Waals surface area contributed by atoms with E-state index in [9.17, 15) is 9.59 Å². The molecule has 2 aromatic heterocycles. The van der Waals surface area contributed by atoms with Crippen LogP contribution in [0.4, 0.5) is 0 Å². The van der Waals surface area contributed by atoms with Crippen molar-refractivity contribution in [3.8, 4) is 0 Å². The molecule has 3 rings (SSSR count). The molecule has 2 aromatic rings. The number of hydrogen-bond donors (Lipinski definition) is 0. The van der Waals surface area contributed by atoms with Gasteiger partial charge in [-0.2, -0.15) is 5.10 Å². The lowest BCUT2D eigenvalue weighted by Crippen LogP contribution is -2.42. The van der Waals surface area contributed by atoms with Gasteiger partial charge in [-0.05, 0) is 18.8 Å². The van der Waals surface area contributed by atoms with Gasteiger partial charge in [-0.25, -0.2) is 4.98 Å². The zero-order valence-electron chi connectivity index (χ0n) is 12.3. The van der Waals surface area contributed by atoms with Gasteiger partial charge in [-0.3, -0.25) is 18.8 Å². The van der Waals surface area contributed by atoms with Gasteiger partial charge in [0.05, 0.1) is 6.20 Å². The summed E-state index contributed by atoms with van der Waals surface area (Å²) in [7, 11) is 1.74. The van der Waals surface area contributed by atoms with Crippen LogP contribution in [0.2, 0.25) is 0 Å². The second-order valence-corrected chi connectivity index (χ2v) is 5.77. The SMILES string of the molecule is C[C@@H]1CCCN(C(=O)Cn2cnc3c(cnn3C)c2=O)C1. The molecule has 1 atom stereocenters. The maximum atomic E-state index is 12.3. The number of amides is 1. The van der Waals surface area contributed by atoms with E-state index in [4.69, 9.17) is 0 Å². The topological polar surface area (TPSA) is 73.0 Å². The smallest absolute Gasteiger partial charge is 0.264 e. The summed E-state index contributed by atoms with van der Waals surface area (Å²) >= 11 is 0. The molecule has 1 aliphatic rings. The summed E-state index contributed by atoms with van der Waals surface area (Å²) in [6.45, 7) is 3.74. The molecule has 0 saturated carbocycles. The number of aryl methyl sites for hydroxylation is 1. The van der Waals surface area contributed by atoms with E-state index in [-0.39, 0.29) is 18.0 Å². The number of rotatable bonds is 2. The maximum Gasteiger partial charge on any atom is 0.264 e. The van der Waals surface area contributed by atoms with Gasteiger partial charge in [-0.15, -0.1) is 0 Å². The Hall–Kier alpha value is -2.18. The first-order valence-electron chi connectivity index (χ1n) is 7.21. The summed E-state index contributed by atoms with van der Waals surface area (Å²) in [5, 5.41) is 4.47. The van der Waals surface area contributed by atoms with Crippen LogP contribution in [0, 0.1) is 5.92 Å². The van der Waals surface area contributed by atoms with Gasteiger partial charge in [0.15, 0.2) is 5.65 Å². The normalized spacial score (nSPS) is 19.1. The van der Waals surface area contributed by atoms with Gasteiger partial charge in [0.2, 0.25) is 5.91 Å². The Labute approximate surface area is 122 Å². The number of likely N-dealkylation sites (tertiary alicyclic amines) is 1. The number of hydrogen-bond acceptors (Lipinski definition) is 4. The fourth-order valence-electron chi connectivity index (χ4n) is 2.84. The zero-order chi connectivity index (χ0) is 15.0. The first-order valence-corrected chi connectivity index (χ1v) is 7.21. The third kappa shape index (κ3) is 2.55. The van der Waals surface area contributed by atoms with E-state index in [0.29, 0.717) is 17.0 Å². The monoisotopic (exact) mass is 289 g/mol. The van der Waals surface area contributed by atoms with Crippen molar-refractivity contribution < 1.29 is 4.79 Å². The lowest BCUT2D eigenvalue weighted by molar-refractivity contribution is -0.133.